The number of urea groups is 2. The smallest absolute Gasteiger partial charge is 0.329 e. The Kier molecular flexibility index (Phi) is 14.8. The van der Waals surface area contributed by atoms with E-state index in [0.29, 0.717) is 59.9 Å². The summed E-state index contributed by atoms with van der Waals surface area (Å²) in [6.07, 6.45) is -0.973. The number of carbonyl (C=O) groups excluding carboxylic acids is 6. The second-order valence-electron chi connectivity index (χ2n) is 19.4. The summed E-state index contributed by atoms with van der Waals surface area (Å²) in [4.78, 5) is 94.7. The van der Waals surface area contributed by atoms with Gasteiger partial charge in [-0.2, -0.15) is 0 Å². The van der Waals surface area contributed by atoms with Gasteiger partial charge in [0.1, 0.15) is 29.9 Å². The van der Waals surface area contributed by atoms with E-state index in [0.717, 1.165) is 16.2 Å². The van der Waals surface area contributed by atoms with Crippen LogP contribution < -0.4 is 36.2 Å². The third kappa shape index (κ3) is 9.92. The number of nitrogens with zero attached hydrogens (tertiary/aromatic N) is 4. The quantitative estimate of drug-likeness (QED) is 0.0657. The minimum atomic E-state index is -2.13. The van der Waals surface area contributed by atoms with E-state index in [2.05, 4.69) is 32.7 Å². The van der Waals surface area contributed by atoms with Crippen molar-refractivity contribution in [2.45, 2.75) is 49.5 Å². The minimum absolute atomic E-state index is 0.0129. The molecule has 6 N–H and O–H groups in total. The van der Waals surface area contributed by atoms with Crippen molar-refractivity contribution in [3.8, 4) is 17.6 Å². The first-order chi connectivity index (χ1) is 37.4. The molecule has 0 bridgehead atoms. The number of primary amides is 1. The number of ether oxygens (including phenoxy) is 2. The van der Waals surface area contributed by atoms with Crippen LogP contribution in [0.2, 0.25) is 0 Å². The third-order valence-corrected chi connectivity index (χ3v) is 14.9. The maximum absolute atomic E-state index is 16.8. The zero-order valence-electron chi connectivity index (χ0n) is 42.5. The number of carbonyl (C=O) groups is 6. The van der Waals surface area contributed by atoms with E-state index in [1.807, 2.05) is 108 Å². The molecule has 1 spiro atoms. The molecular weight excluding hydrogens is 977 g/mol. The monoisotopic (exact) mass is 1030 g/mol. The molecule has 6 aromatic carbocycles. The summed E-state index contributed by atoms with van der Waals surface area (Å²) in [7, 11) is 0. The molecule has 4 aliphatic rings. The predicted octanol–water partition coefficient (Wildman–Crippen LogP) is 6.52. The number of amides is 7. The number of aliphatic hydroxyl groups is 1. The summed E-state index contributed by atoms with van der Waals surface area (Å²) < 4.78 is 12.7. The van der Waals surface area contributed by atoms with Gasteiger partial charge in [0, 0.05) is 50.0 Å². The van der Waals surface area contributed by atoms with Gasteiger partial charge in [-0.3, -0.25) is 24.1 Å². The van der Waals surface area contributed by atoms with Gasteiger partial charge in [0.05, 0.1) is 42.9 Å². The molecule has 392 valence electrons. The van der Waals surface area contributed by atoms with Gasteiger partial charge in [-0.1, -0.05) is 115 Å². The second kappa shape index (κ2) is 22.1. The van der Waals surface area contributed by atoms with Crippen LogP contribution in [0.25, 0.3) is 0 Å². The molecule has 0 radical (unpaired) electrons. The number of morpholine rings is 1. The molecule has 2 unspecified atom stereocenters. The Hall–Kier alpha value is -8.98. The zero-order chi connectivity index (χ0) is 53.8. The van der Waals surface area contributed by atoms with Gasteiger partial charge in [-0.25, -0.2) is 14.5 Å². The molecule has 3 fully saturated rings. The highest BCUT2D eigenvalue weighted by Crippen LogP contribution is 2.66. The van der Waals surface area contributed by atoms with E-state index < -0.39 is 71.5 Å². The normalized spacial score (nSPS) is 22.0. The number of nitrogens with one attached hydrogen (secondary N) is 3. The fraction of sp³-hybridized carbons (Fsp3) is 0.267. The number of hydrogen-bond donors (Lipinski definition) is 5. The molecule has 7 atom stereocenters. The van der Waals surface area contributed by atoms with Crippen LogP contribution >= 0.6 is 0 Å². The summed E-state index contributed by atoms with van der Waals surface area (Å²) in [5.74, 6) is 2.44. The highest BCUT2D eigenvalue weighted by molar-refractivity contribution is 6.25. The average molecular weight is 1040 g/mol. The number of cyclic esters (lactones) is 1. The zero-order valence-corrected chi connectivity index (χ0v) is 42.5. The minimum Gasteiger partial charge on any atom is -0.491 e. The number of benzene rings is 6. The molecule has 3 saturated heterocycles. The number of anilines is 3. The summed E-state index contributed by atoms with van der Waals surface area (Å²) in [5, 5.41) is 18.5. The number of hydrogen-bond acceptors (Lipinski definition) is 11. The Morgan fingerprint density at radius 3 is 2.12 bits per heavy atom. The maximum Gasteiger partial charge on any atom is 0.329 e. The number of piperazine rings is 1. The topological polar surface area (TPSA) is 216 Å². The van der Waals surface area contributed by atoms with E-state index in [1.165, 1.54) is 0 Å². The van der Waals surface area contributed by atoms with Crippen molar-refractivity contribution >= 4 is 52.8 Å². The van der Waals surface area contributed by atoms with E-state index >= 15 is 19.2 Å². The lowest BCUT2D eigenvalue weighted by molar-refractivity contribution is -0.177. The average Bonchev–Trinajstić information content (AvgIpc) is 2.64. The van der Waals surface area contributed by atoms with Crippen molar-refractivity contribution in [1.82, 2.24) is 20.4 Å². The summed E-state index contributed by atoms with van der Waals surface area (Å²) in [6, 6.07) is 41.5. The second-order valence-corrected chi connectivity index (χ2v) is 19.4. The van der Waals surface area contributed by atoms with Gasteiger partial charge < -0.3 is 46.1 Å². The summed E-state index contributed by atoms with van der Waals surface area (Å²) in [5.41, 5.74) is 7.84. The van der Waals surface area contributed by atoms with Crippen LogP contribution in [0, 0.1) is 17.8 Å². The first-order valence-electron chi connectivity index (χ1n) is 25.6. The Labute approximate surface area is 445 Å². The van der Waals surface area contributed by atoms with Crippen molar-refractivity contribution in [2.24, 2.45) is 11.7 Å². The van der Waals surface area contributed by atoms with Crippen molar-refractivity contribution < 1.29 is 43.3 Å². The van der Waals surface area contributed by atoms with Gasteiger partial charge in [0.2, 0.25) is 17.7 Å². The SMILES string of the molecule is CC(=O)N1CCN(c2ccc(NC(=O)[C@H]3C4C(=O)O[C@@H](c5ccccc5)[C@@H](c5ccccc5)N4[C@@H](c4cccc(OCCO)c4)C34C(=O)N(C(=O)N[C@H](C)c3ccccc3)c3ccc(C#CCNC(N)=O)cc34)cc2)CC1. The van der Waals surface area contributed by atoms with Crippen molar-refractivity contribution in [3.05, 3.63) is 191 Å². The number of esters is 1. The summed E-state index contributed by atoms with van der Waals surface area (Å²) in [6.45, 7) is 5.25. The lowest BCUT2D eigenvalue weighted by Gasteiger charge is -2.46. The molecule has 4 heterocycles. The van der Waals surface area contributed by atoms with Crippen LogP contribution in [-0.4, -0.2) is 103 Å². The molecule has 0 aromatic heterocycles. The third-order valence-electron chi connectivity index (χ3n) is 14.9. The maximum atomic E-state index is 16.8. The lowest BCUT2D eigenvalue weighted by Crippen LogP contribution is -2.55. The Bertz CT molecular complexity index is 3250. The van der Waals surface area contributed by atoms with Crippen molar-refractivity contribution in [3.63, 3.8) is 0 Å². The first-order valence-corrected chi connectivity index (χ1v) is 25.6. The Morgan fingerprint density at radius 1 is 0.792 bits per heavy atom. The molecule has 10 rings (SSSR count). The van der Waals surface area contributed by atoms with Gasteiger partial charge in [-0.05, 0) is 89.3 Å². The lowest BCUT2D eigenvalue weighted by atomic mass is 9.65. The van der Waals surface area contributed by atoms with Gasteiger partial charge >= 0.3 is 18.0 Å². The molecule has 0 saturated carbocycles. The predicted molar refractivity (Wildman–Crippen MR) is 288 cm³/mol. The fourth-order valence-electron chi connectivity index (χ4n) is 11.5. The van der Waals surface area contributed by atoms with Crippen LogP contribution in [0.5, 0.6) is 5.75 Å². The number of fused-ring (bicyclic) bond motifs is 3. The number of aliphatic hydroxyl groups excluding tert-OH is 1. The molecule has 17 heteroatoms. The van der Waals surface area contributed by atoms with E-state index in [1.54, 1.807) is 73.3 Å². The number of imide groups is 1. The van der Waals surface area contributed by atoms with E-state index in [4.69, 9.17) is 15.2 Å². The summed E-state index contributed by atoms with van der Waals surface area (Å²) >= 11 is 0. The molecule has 77 heavy (non-hydrogen) atoms. The molecule has 17 nitrogen and oxygen atoms in total. The Balaban J connectivity index is 1.21. The van der Waals surface area contributed by atoms with E-state index in [-0.39, 0.29) is 36.9 Å². The molecule has 7 amide bonds. The largest absolute Gasteiger partial charge is 0.491 e. The Morgan fingerprint density at radius 2 is 1.45 bits per heavy atom. The fourth-order valence-corrected chi connectivity index (χ4v) is 11.5. The number of nitrogens with two attached hydrogens (primary N) is 1. The molecular formula is C60H58N8O9. The van der Waals surface area contributed by atoms with Crippen LogP contribution in [0.1, 0.15) is 71.5 Å². The van der Waals surface area contributed by atoms with Gasteiger partial charge in [0.15, 0.2) is 0 Å². The highest BCUT2D eigenvalue weighted by atomic mass is 16.6. The van der Waals surface area contributed by atoms with Gasteiger partial charge in [-0.15, -0.1) is 0 Å². The van der Waals surface area contributed by atoms with Crippen molar-refractivity contribution in [1.29, 1.82) is 0 Å². The van der Waals surface area contributed by atoms with Gasteiger partial charge in [0.25, 0.3) is 0 Å². The van der Waals surface area contributed by atoms with Crippen LogP contribution in [0.4, 0.5) is 26.7 Å². The molecule has 0 aliphatic carbocycles. The molecule has 4 aliphatic heterocycles. The van der Waals surface area contributed by atoms with Crippen LogP contribution in [0.15, 0.2) is 158 Å². The molecule has 6 aromatic rings. The standard InChI is InChI=1S/C60H58N8O9/c1-38(41-15-6-3-7-16-41)63-59(75)67-49-28-23-40(14-13-29-62-58(61)74)36-48(49)60(57(67)73)50(55(71)64-45-24-26-46(27-25-45)66-32-30-65(31-33-66)39(2)70)52-56(72)77-53(43-19-10-5-11-20-43)51(42-17-8-4-9-18-42)68(52)54(60)44-21-12-22-47(37-44)76-35-34-69/h3-12,15-28,36-38,50-54,69H,29-35H2,1-2H3,(H,63,75)(H,64,71)(H3,61,62,74)/t38-,50-,51-,52?,53+,54+,60?/m1/s1. The van der Waals surface area contributed by atoms with Crippen LogP contribution in [0.3, 0.4) is 0 Å². The number of rotatable bonds is 12. The first kappa shape index (κ1) is 51.5. The van der Waals surface area contributed by atoms with Crippen molar-refractivity contribution in [2.75, 3.05) is 61.1 Å². The highest BCUT2D eigenvalue weighted by Gasteiger charge is 2.75. The van der Waals surface area contributed by atoms with E-state index in [9.17, 15) is 14.7 Å². The van der Waals surface area contributed by atoms with Crippen LogP contribution in [-0.2, 0) is 29.3 Å².